The molecule has 1 N–H and O–H groups in total. The van der Waals surface area contributed by atoms with Crippen LogP contribution in [0.15, 0.2) is 53.4 Å². The molecule has 3 rings (SSSR count). The molecule has 2 aromatic rings. The van der Waals surface area contributed by atoms with Crippen molar-refractivity contribution in [3.63, 3.8) is 0 Å². The summed E-state index contributed by atoms with van der Waals surface area (Å²) in [6.45, 7) is 7.27. The molecule has 2 aromatic carbocycles. The Kier molecular flexibility index (Phi) is 7.65. The maximum atomic E-state index is 12.4. The molecule has 1 aliphatic heterocycles. The summed E-state index contributed by atoms with van der Waals surface area (Å²) in [6.07, 6.45) is 4.29. The number of likely N-dealkylation sites (tertiary alicyclic amines) is 1. The SMILES string of the molecule is CC(C)N1CCC(Cc2ccc(CCNS(=O)(=O)c3ccc(C#N)cc3)cc2)CC1. The second-order valence-electron chi connectivity index (χ2n) is 8.38. The molecule has 160 valence electrons. The van der Waals surface area contributed by atoms with Crippen molar-refractivity contribution in [2.75, 3.05) is 19.6 Å². The van der Waals surface area contributed by atoms with E-state index in [-0.39, 0.29) is 4.90 Å². The van der Waals surface area contributed by atoms with E-state index in [1.807, 2.05) is 6.07 Å². The second kappa shape index (κ2) is 10.2. The van der Waals surface area contributed by atoms with Crippen molar-refractivity contribution < 1.29 is 8.42 Å². The Hall–Kier alpha value is -2.20. The first kappa shape index (κ1) is 22.5. The van der Waals surface area contributed by atoms with Crippen LogP contribution in [0.5, 0.6) is 0 Å². The van der Waals surface area contributed by atoms with Gasteiger partial charge in [-0.15, -0.1) is 0 Å². The van der Waals surface area contributed by atoms with Gasteiger partial charge < -0.3 is 4.90 Å². The molecule has 0 spiro atoms. The Morgan fingerprint density at radius 2 is 1.63 bits per heavy atom. The average Bonchev–Trinajstić information content (AvgIpc) is 2.75. The number of hydrogen-bond donors (Lipinski definition) is 1. The van der Waals surface area contributed by atoms with E-state index in [1.54, 1.807) is 0 Å². The summed E-state index contributed by atoms with van der Waals surface area (Å²) in [4.78, 5) is 2.73. The van der Waals surface area contributed by atoms with E-state index in [0.29, 0.717) is 24.6 Å². The van der Waals surface area contributed by atoms with Crippen LogP contribution in [0.2, 0.25) is 0 Å². The first-order valence-corrected chi connectivity index (χ1v) is 12.2. The van der Waals surface area contributed by atoms with E-state index in [2.05, 4.69) is 47.7 Å². The first-order chi connectivity index (χ1) is 14.4. The molecule has 0 bridgehead atoms. The fraction of sp³-hybridized carbons (Fsp3) is 0.458. The van der Waals surface area contributed by atoms with Crippen LogP contribution in [0, 0.1) is 17.2 Å². The number of piperidine rings is 1. The third kappa shape index (κ3) is 6.15. The lowest BCUT2D eigenvalue weighted by atomic mass is 9.89. The van der Waals surface area contributed by atoms with Gasteiger partial charge in [0, 0.05) is 12.6 Å². The number of sulfonamides is 1. The largest absolute Gasteiger partial charge is 0.301 e. The van der Waals surface area contributed by atoms with Crippen LogP contribution in [-0.2, 0) is 22.9 Å². The number of rotatable bonds is 8. The van der Waals surface area contributed by atoms with Crippen molar-refractivity contribution in [2.45, 2.75) is 50.5 Å². The van der Waals surface area contributed by atoms with E-state index in [4.69, 9.17) is 5.26 Å². The van der Waals surface area contributed by atoms with Gasteiger partial charge in [-0.3, -0.25) is 0 Å². The van der Waals surface area contributed by atoms with Crippen molar-refractivity contribution in [1.29, 1.82) is 5.26 Å². The minimum absolute atomic E-state index is 0.181. The summed E-state index contributed by atoms with van der Waals surface area (Å²) in [7, 11) is -3.56. The highest BCUT2D eigenvalue weighted by Gasteiger charge is 2.21. The molecule has 0 saturated carbocycles. The van der Waals surface area contributed by atoms with Crippen molar-refractivity contribution in [3.8, 4) is 6.07 Å². The lowest BCUT2D eigenvalue weighted by Gasteiger charge is -2.34. The van der Waals surface area contributed by atoms with Crippen LogP contribution in [0.1, 0.15) is 43.4 Å². The average molecular weight is 426 g/mol. The lowest BCUT2D eigenvalue weighted by Crippen LogP contribution is -2.38. The summed E-state index contributed by atoms with van der Waals surface area (Å²) in [5.74, 6) is 0.755. The van der Waals surface area contributed by atoms with Crippen LogP contribution in [0.25, 0.3) is 0 Å². The molecular weight excluding hydrogens is 394 g/mol. The van der Waals surface area contributed by atoms with Gasteiger partial charge >= 0.3 is 0 Å². The molecule has 0 amide bonds. The molecule has 30 heavy (non-hydrogen) atoms. The Morgan fingerprint density at radius 3 is 2.20 bits per heavy atom. The number of benzene rings is 2. The standard InChI is InChI=1S/C24H31N3O2S/c1-19(2)27-15-12-22(13-16-27)17-21-5-3-20(4-6-21)11-14-26-30(28,29)24-9-7-23(18-25)8-10-24/h3-10,19,22,26H,11-17H2,1-2H3. The van der Waals surface area contributed by atoms with Crippen molar-refractivity contribution >= 4 is 10.0 Å². The second-order valence-corrected chi connectivity index (χ2v) is 10.1. The Balaban J connectivity index is 1.46. The first-order valence-electron chi connectivity index (χ1n) is 10.7. The highest BCUT2D eigenvalue weighted by atomic mass is 32.2. The van der Waals surface area contributed by atoms with Gasteiger partial charge in [0.05, 0.1) is 16.5 Å². The topological polar surface area (TPSA) is 73.2 Å². The molecule has 1 saturated heterocycles. The molecule has 5 nitrogen and oxygen atoms in total. The molecule has 0 aromatic heterocycles. The lowest BCUT2D eigenvalue weighted by molar-refractivity contribution is 0.149. The molecule has 0 atom stereocenters. The fourth-order valence-electron chi connectivity index (χ4n) is 3.97. The third-order valence-corrected chi connectivity index (χ3v) is 7.40. The minimum Gasteiger partial charge on any atom is -0.301 e. The van der Waals surface area contributed by atoms with Crippen LogP contribution in [-0.4, -0.2) is 39.0 Å². The molecular formula is C24H31N3O2S. The van der Waals surface area contributed by atoms with E-state index < -0.39 is 10.0 Å². The highest BCUT2D eigenvalue weighted by Crippen LogP contribution is 2.23. The zero-order valence-corrected chi connectivity index (χ0v) is 18.7. The van der Waals surface area contributed by atoms with E-state index in [0.717, 1.165) is 17.9 Å². The van der Waals surface area contributed by atoms with Gasteiger partial charge in [-0.25, -0.2) is 13.1 Å². The van der Waals surface area contributed by atoms with Gasteiger partial charge in [0.2, 0.25) is 10.0 Å². The van der Waals surface area contributed by atoms with Crippen LogP contribution < -0.4 is 4.72 Å². The molecule has 1 heterocycles. The maximum Gasteiger partial charge on any atom is 0.240 e. The van der Waals surface area contributed by atoms with Gasteiger partial charge in [0.25, 0.3) is 0 Å². The summed E-state index contributed by atoms with van der Waals surface area (Å²) < 4.78 is 27.4. The quantitative estimate of drug-likeness (QED) is 0.699. The van der Waals surface area contributed by atoms with Gasteiger partial charge in [-0.1, -0.05) is 24.3 Å². The third-order valence-electron chi connectivity index (χ3n) is 5.93. The molecule has 1 aliphatic rings. The zero-order chi connectivity index (χ0) is 21.6. The summed E-state index contributed by atoms with van der Waals surface area (Å²) >= 11 is 0. The zero-order valence-electron chi connectivity index (χ0n) is 17.8. The van der Waals surface area contributed by atoms with E-state index in [1.165, 1.54) is 55.8 Å². The number of nitrogens with zero attached hydrogens (tertiary/aromatic N) is 2. The molecule has 1 fully saturated rings. The number of nitriles is 1. The monoisotopic (exact) mass is 425 g/mol. The predicted octanol–water partition coefficient (Wildman–Crippen LogP) is 3.74. The number of nitrogens with one attached hydrogen (secondary N) is 1. The Morgan fingerprint density at radius 1 is 1.03 bits per heavy atom. The Labute approximate surface area is 180 Å². The van der Waals surface area contributed by atoms with Gasteiger partial charge in [-0.05, 0) is 93.9 Å². The van der Waals surface area contributed by atoms with Crippen LogP contribution in [0.4, 0.5) is 0 Å². The van der Waals surface area contributed by atoms with Crippen LogP contribution in [0.3, 0.4) is 0 Å². The smallest absolute Gasteiger partial charge is 0.240 e. The summed E-state index contributed by atoms with van der Waals surface area (Å²) in [5, 5.41) is 8.82. The fourth-order valence-corrected chi connectivity index (χ4v) is 5.00. The number of hydrogen-bond acceptors (Lipinski definition) is 4. The summed E-state index contributed by atoms with van der Waals surface area (Å²) in [5.41, 5.74) is 2.93. The van der Waals surface area contributed by atoms with Crippen molar-refractivity contribution in [3.05, 3.63) is 65.2 Å². The van der Waals surface area contributed by atoms with E-state index >= 15 is 0 Å². The summed E-state index contributed by atoms with van der Waals surface area (Å²) in [6, 6.07) is 17.1. The molecule has 6 heteroatoms. The minimum atomic E-state index is -3.56. The Bertz CT molecular complexity index is 953. The highest BCUT2D eigenvalue weighted by molar-refractivity contribution is 7.89. The maximum absolute atomic E-state index is 12.4. The van der Waals surface area contributed by atoms with Crippen molar-refractivity contribution in [2.24, 2.45) is 5.92 Å². The van der Waals surface area contributed by atoms with Gasteiger partial charge in [0.1, 0.15) is 0 Å². The van der Waals surface area contributed by atoms with Crippen LogP contribution >= 0.6 is 0 Å². The van der Waals surface area contributed by atoms with Gasteiger partial charge in [0.15, 0.2) is 0 Å². The molecule has 0 aliphatic carbocycles. The normalized spacial score (nSPS) is 15.9. The molecule has 0 unspecified atom stereocenters. The van der Waals surface area contributed by atoms with Crippen molar-refractivity contribution in [1.82, 2.24) is 9.62 Å². The van der Waals surface area contributed by atoms with Gasteiger partial charge in [-0.2, -0.15) is 5.26 Å². The van der Waals surface area contributed by atoms with E-state index in [9.17, 15) is 8.42 Å². The molecule has 0 radical (unpaired) electrons. The predicted molar refractivity (Wildman–Crippen MR) is 120 cm³/mol.